The molecule has 0 unspecified atom stereocenters. The van der Waals surface area contributed by atoms with Gasteiger partial charge < -0.3 is 4.90 Å². The maximum absolute atomic E-state index is 12.7. The van der Waals surface area contributed by atoms with E-state index in [-0.39, 0.29) is 18.5 Å². The van der Waals surface area contributed by atoms with Crippen LogP contribution in [0, 0.1) is 0 Å². The third-order valence-electron chi connectivity index (χ3n) is 5.21. The van der Waals surface area contributed by atoms with Crippen LogP contribution in [0.15, 0.2) is 53.2 Å². The quantitative estimate of drug-likeness (QED) is 0.558. The molecule has 2 aromatic heterocycles. The summed E-state index contributed by atoms with van der Waals surface area (Å²) in [7, 11) is -3.40. The van der Waals surface area contributed by atoms with Crippen LogP contribution in [-0.4, -0.2) is 53.9 Å². The van der Waals surface area contributed by atoms with E-state index in [1.807, 2.05) is 58.1 Å². The maximum atomic E-state index is 12.7. The van der Waals surface area contributed by atoms with Crippen molar-refractivity contribution >= 4 is 38.6 Å². The van der Waals surface area contributed by atoms with Crippen LogP contribution in [0.5, 0.6) is 0 Å². The lowest BCUT2D eigenvalue weighted by Crippen LogP contribution is -2.48. The number of amides is 1. The largest absolute Gasteiger partial charge is 0.339 e. The summed E-state index contributed by atoms with van der Waals surface area (Å²) in [5.41, 5.74) is 1.43. The molecule has 1 aliphatic rings. The molecule has 9 heteroatoms. The van der Waals surface area contributed by atoms with E-state index in [0.717, 1.165) is 15.6 Å². The van der Waals surface area contributed by atoms with Gasteiger partial charge in [-0.1, -0.05) is 24.3 Å². The van der Waals surface area contributed by atoms with Crippen molar-refractivity contribution in [2.24, 2.45) is 0 Å². The summed E-state index contributed by atoms with van der Waals surface area (Å²) >= 11 is 3.15. The van der Waals surface area contributed by atoms with Gasteiger partial charge in [-0.2, -0.15) is 4.31 Å². The first-order valence-corrected chi connectivity index (χ1v) is 13.3. The van der Waals surface area contributed by atoms with Gasteiger partial charge >= 0.3 is 0 Å². The molecule has 0 radical (unpaired) electrons. The fraction of sp³-hybridized carbons (Fsp3) is 0.333. The molecular weight excluding hydrogens is 438 g/mol. The van der Waals surface area contributed by atoms with Crippen molar-refractivity contribution in [3.8, 4) is 9.88 Å². The van der Waals surface area contributed by atoms with E-state index in [2.05, 4.69) is 4.98 Å². The van der Waals surface area contributed by atoms with Crippen molar-refractivity contribution in [3.05, 3.63) is 64.5 Å². The molecule has 30 heavy (non-hydrogen) atoms. The van der Waals surface area contributed by atoms with Crippen molar-refractivity contribution in [2.75, 3.05) is 19.3 Å². The number of carbonyl (C=O) groups excluding carboxylic acids is 1. The lowest BCUT2D eigenvalue weighted by Gasteiger charge is -2.37. The summed E-state index contributed by atoms with van der Waals surface area (Å²) in [5, 5.41) is 4.85. The van der Waals surface area contributed by atoms with Crippen molar-refractivity contribution in [3.63, 3.8) is 0 Å². The first-order chi connectivity index (χ1) is 14.4. The molecule has 6 nitrogen and oxygen atoms in total. The molecule has 0 N–H and O–H groups in total. The number of hydrogen-bond acceptors (Lipinski definition) is 6. The Labute approximate surface area is 184 Å². The monoisotopic (exact) mass is 461 g/mol. The number of aromatic nitrogens is 1. The molecule has 3 aromatic rings. The highest BCUT2D eigenvalue weighted by Crippen LogP contribution is 2.29. The first kappa shape index (κ1) is 21.2. The van der Waals surface area contributed by atoms with Crippen LogP contribution in [-0.2, 0) is 16.6 Å². The number of rotatable bonds is 6. The standard InChI is InChI=1S/C21H23N3O3S3/c1-30(26,27)24(14-17-15-29-20(22-17)19-8-5-13-28-19)18-9-11-23(12-10-18)21(25)16-6-3-2-4-7-16/h2-8,13,15,18H,9-12,14H2,1H3. The van der Waals surface area contributed by atoms with Crippen LogP contribution < -0.4 is 0 Å². The highest BCUT2D eigenvalue weighted by atomic mass is 32.2. The molecule has 1 aliphatic heterocycles. The van der Waals surface area contributed by atoms with Gasteiger partial charge in [0.2, 0.25) is 10.0 Å². The number of piperidine rings is 1. The Hall–Kier alpha value is -2.07. The summed E-state index contributed by atoms with van der Waals surface area (Å²) in [6.07, 6.45) is 2.49. The number of nitrogens with zero attached hydrogens (tertiary/aromatic N) is 3. The number of benzene rings is 1. The average Bonchev–Trinajstić information content (AvgIpc) is 3.43. The third-order valence-corrected chi connectivity index (χ3v) is 8.42. The van der Waals surface area contributed by atoms with Crippen molar-refractivity contribution < 1.29 is 13.2 Å². The SMILES string of the molecule is CS(=O)(=O)N(Cc1csc(-c2cccs2)n1)C1CCN(C(=O)c2ccccc2)CC1. The van der Waals surface area contributed by atoms with Crippen molar-refractivity contribution in [1.82, 2.24) is 14.2 Å². The van der Waals surface area contributed by atoms with Gasteiger partial charge in [0, 0.05) is 30.1 Å². The predicted octanol–water partition coefficient (Wildman–Crippen LogP) is 3.94. The molecule has 158 valence electrons. The van der Waals surface area contributed by atoms with Gasteiger partial charge in [-0.25, -0.2) is 13.4 Å². The maximum Gasteiger partial charge on any atom is 0.253 e. The average molecular weight is 462 g/mol. The molecule has 0 atom stereocenters. The topological polar surface area (TPSA) is 70.6 Å². The summed E-state index contributed by atoms with van der Waals surface area (Å²) in [4.78, 5) is 20.2. The Morgan fingerprint density at radius 2 is 1.87 bits per heavy atom. The van der Waals surface area contributed by atoms with Gasteiger partial charge in [0.05, 0.1) is 23.4 Å². The molecular formula is C21H23N3O3S3. The van der Waals surface area contributed by atoms with Crippen LogP contribution in [0.25, 0.3) is 9.88 Å². The normalized spacial score (nSPS) is 15.6. The van der Waals surface area contributed by atoms with E-state index >= 15 is 0 Å². The minimum atomic E-state index is -3.40. The van der Waals surface area contributed by atoms with Crippen LogP contribution in [0.4, 0.5) is 0 Å². The van der Waals surface area contributed by atoms with Gasteiger partial charge in [-0.3, -0.25) is 4.79 Å². The number of carbonyl (C=O) groups is 1. The molecule has 1 aromatic carbocycles. The summed E-state index contributed by atoms with van der Waals surface area (Å²) in [5.74, 6) is 0.0000431. The van der Waals surface area contributed by atoms with Crippen LogP contribution in [0.3, 0.4) is 0 Å². The van der Waals surface area contributed by atoms with Gasteiger partial charge in [-0.15, -0.1) is 22.7 Å². The number of thiophene rings is 1. The molecule has 1 fully saturated rings. The molecule has 4 rings (SSSR count). The Bertz CT molecular complexity index is 1090. The number of hydrogen-bond donors (Lipinski definition) is 0. The van der Waals surface area contributed by atoms with Crippen LogP contribution in [0.2, 0.25) is 0 Å². The highest BCUT2D eigenvalue weighted by molar-refractivity contribution is 7.88. The Kier molecular flexibility index (Phi) is 6.33. The van der Waals surface area contributed by atoms with E-state index in [1.165, 1.54) is 17.6 Å². The number of likely N-dealkylation sites (tertiary alicyclic amines) is 1. The summed E-state index contributed by atoms with van der Waals surface area (Å²) in [6, 6.07) is 13.1. The minimum absolute atomic E-state index is 0.0000431. The predicted molar refractivity (Wildman–Crippen MR) is 121 cm³/mol. The van der Waals surface area contributed by atoms with E-state index < -0.39 is 10.0 Å². The fourth-order valence-electron chi connectivity index (χ4n) is 3.69. The number of thiazole rings is 1. The zero-order valence-electron chi connectivity index (χ0n) is 16.6. The molecule has 1 amide bonds. The minimum Gasteiger partial charge on any atom is -0.339 e. The van der Waals surface area contributed by atoms with Crippen molar-refractivity contribution in [1.29, 1.82) is 0 Å². The van der Waals surface area contributed by atoms with Gasteiger partial charge in [0.25, 0.3) is 5.91 Å². The fourth-order valence-corrected chi connectivity index (χ4v) is 6.43. The zero-order valence-corrected chi connectivity index (χ0v) is 19.0. The molecule has 0 spiro atoms. The van der Waals surface area contributed by atoms with Crippen LogP contribution >= 0.6 is 22.7 Å². The molecule has 3 heterocycles. The first-order valence-electron chi connectivity index (χ1n) is 9.71. The Morgan fingerprint density at radius 3 is 2.50 bits per heavy atom. The van der Waals surface area contributed by atoms with Gasteiger partial charge in [-0.05, 0) is 36.4 Å². The van der Waals surface area contributed by atoms with E-state index in [9.17, 15) is 13.2 Å². The molecule has 1 saturated heterocycles. The van der Waals surface area contributed by atoms with Crippen molar-refractivity contribution in [2.45, 2.75) is 25.4 Å². The van der Waals surface area contributed by atoms with Crippen LogP contribution in [0.1, 0.15) is 28.9 Å². The molecule has 0 aliphatic carbocycles. The second-order valence-electron chi connectivity index (χ2n) is 7.32. The van der Waals surface area contributed by atoms with Gasteiger partial charge in [0.15, 0.2) is 0 Å². The zero-order chi connectivity index (χ0) is 21.1. The second-order valence-corrected chi connectivity index (χ2v) is 11.1. The summed E-state index contributed by atoms with van der Waals surface area (Å²) < 4.78 is 26.6. The molecule has 0 saturated carbocycles. The van der Waals surface area contributed by atoms with E-state index in [1.54, 1.807) is 15.6 Å². The lowest BCUT2D eigenvalue weighted by molar-refractivity contribution is 0.0676. The Morgan fingerprint density at radius 1 is 1.13 bits per heavy atom. The number of sulfonamides is 1. The third kappa shape index (κ3) is 4.80. The second kappa shape index (κ2) is 8.97. The van der Waals surface area contributed by atoms with Gasteiger partial charge in [0.1, 0.15) is 5.01 Å². The highest BCUT2D eigenvalue weighted by Gasteiger charge is 2.32. The van der Waals surface area contributed by atoms with E-state index in [4.69, 9.17) is 0 Å². The Balaban J connectivity index is 1.43. The smallest absolute Gasteiger partial charge is 0.253 e. The van der Waals surface area contributed by atoms with E-state index in [0.29, 0.717) is 31.5 Å². The lowest BCUT2D eigenvalue weighted by atomic mass is 10.0. The molecule has 0 bridgehead atoms. The summed E-state index contributed by atoms with van der Waals surface area (Å²) in [6.45, 7) is 1.35.